The highest BCUT2D eigenvalue weighted by molar-refractivity contribution is 9.10. The van der Waals surface area contributed by atoms with Crippen LogP contribution in [0.5, 0.6) is 0 Å². The molecule has 2 aromatic carbocycles. The predicted molar refractivity (Wildman–Crippen MR) is 92.2 cm³/mol. The summed E-state index contributed by atoms with van der Waals surface area (Å²) in [5.74, 6) is -0.207. The number of hydrogen-bond donors (Lipinski definition) is 0. The Morgan fingerprint density at radius 1 is 1.22 bits per heavy atom. The molecule has 0 radical (unpaired) electrons. The zero-order valence-corrected chi connectivity index (χ0v) is 14.5. The Kier molecular flexibility index (Phi) is 4.48. The molecular weight excluding hydrogens is 358 g/mol. The van der Waals surface area contributed by atoms with Gasteiger partial charge in [-0.25, -0.2) is 0 Å². The topological polar surface area (TPSA) is 52.3 Å². The van der Waals surface area contributed by atoms with Crippen LogP contribution in [0.1, 0.15) is 18.2 Å². The molecular formula is C18H16BrNO3. The molecule has 0 aliphatic heterocycles. The molecule has 23 heavy (non-hydrogen) atoms. The van der Waals surface area contributed by atoms with Gasteiger partial charge in [0, 0.05) is 4.47 Å². The minimum absolute atomic E-state index is 0.207. The number of fused-ring (bicyclic) bond motifs is 1. The number of carbonyl (C=O) groups excluding carboxylic acids is 1. The largest absolute Gasteiger partial charge is 0.466 e. The van der Waals surface area contributed by atoms with Crippen molar-refractivity contribution in [1.82, 2.24) is 5.16 Å². The van der Waals surface area contributed by atoms with E-state index in [1.54, 1.807) is 6.92 Å². The Balaban J connectivity index is 1.89. The molecule has 4 nitrogen and oxygen atoms in total. The fourth-order valence-corrected chi connectivity index (χ4v) is 3.26. The Bertz CT molecular complexity index is 853. The fraction of sp³-hybridized carbons (Fsp3) is 0.222. The summed E-state index contributed by atoms with van der Waals surface area (Å²) >= 11 is 3.58. The molecule has 0 N–H and O–H groups in total. The number of aromatic nitrogens is 1. The summed E-state index contributed by atoms with van der Waals surface area (Å²) in [5, 5.41) is 4.99. The van der Waals surface area contributed by atoms with Crippen molar-refractivity contribution >= 4 is 32.9 Å². The summed E-state index contributed by atoms with van der Waals surface area (Å²) in [7, 11) is 0. The molecule has 118 valence electrons. The van der Waals surface area contributed by atoms with Crippen molar-refractivity contribution in [3.05, 3.63) is 52.1 Å². The molecule has 3 aromatic rings. The molecule has 0 bridgehead atoms. The normalized spacial score (nSPS) is 10.9. The molecule has 1 heterocycles. The van der Waals surface area contributed by atoms with Gasteiger partial charge >= 0.3 is 5.97 Å². The van der Waals surface area contributed by atoms with Gasteiger partial charge in [0.05, 0.1) is 24.1 Å². The van der Waals surface area contributed by atoms with Crippen LogP contribution in [-0.4, -0.2) is 17.7 Å². The molecule has 0 amide bonds. The van der Waals surface area contributed by atoms with Crippen molar-refractivity contribution in [2.24, 2.45) is 0 Å². The fourth-order valence-electron chi connectivity index (χ4n) is 2.53. The van der Waals surface area contributed by atoms with E-state index in [2.05, 4.69) is 21.1 Å². The van der Waals surface area contributed by atoms with Gasteiger partial charge in [-0.1, -0.05) is 29.4 Å². The van der Waals surface area contributed by atoms with Gasteiger partial charge in [0.2, 0.25) is 0 Å². The molecule has 3 rings (SSSR count). The lowest BCUT2D eigenvalue weighted by Crippen LogP contribution is -2.07. The smallest absolute Gasteiger partial charge is 0.310 e. The van der Waals surface area contributed by atoms with Gasteiger partial charge in [0.15, 0.2) is 5.58 Å². The number of rotatable bonds is 4. The summed E-state index contributed by atoms with van der Waals surface area (Å²) in [5.41, 5.74) is 4.63. The number of esters is 1. The van der Waals surface area contributed by atoms with E-state index in [9.17, 15) is 4.79 Å². The van der Waals surface area contributed by atoms with Crippen molar-refractivity contribution in [2.75, 3.05) is 6.61 Å². The zero-order chi connectivity index (χ0) is 16.4. The molecule has 0 saturated heterocycles. The monoisotopic (exact) mass is 373 g/mol. The zero-order valence-electron chi connectivity index (χ0n) is 12.9. The van der Waals surface area contributed by atoms with E-state index in [1.807, 2.05) is 43.3 Å². The molecule has 0 fully saturated rings. The molecule has 5 heteroatoms. The number of hydrogen-bond acceptors (Lipinski definition) is 4. The third kappa shape index (κ3) is 3.29. The van der Waals surface area contributed by atoms with E-state index in [1.165, 1.54) is 0 Å². The van der Waals surface area contributed by atoms with E-state index < -0.39 is 0 Å². The van der Waals surface area contributed by atoms with E-state index >= 15 is 0 Å². The Hall–Kier alpha value is -2.14. The minimum atomic E-state index is -0.207. The lowest BCUT2D eigenvalue weighted by molar-refractivity contribution is -0.142. The molecule has 0 aliphatic carbocycles. The summed E-state index contributed by atoms with van der Waals surface area (Å²) in [6, 6.07) is 11.9. The third-order valence-corrected chi connectivity index (χ3v) is 4.26. The molecule has 0 atom stereocenters. The second-order valence-electron chi connectivity index (χ2n) is 5.28. The maximum Gasteiger partial charge on any atom is 0.310 e. The Labute approximate surface area is 142 Å². The lowest BCUT2D eigenvalue weighted by Gasteiger charge is -2.06. The summed E-state index contributed by atoms with van der Waals surface area (Å²) < 4.78 is 11.3. The average Bonchev–Trinajstić information content (AvgIpc) is 2.90. The number of aryl methyl sites for hydroxylation is 1. The van der Waals surface area contributed by atoms with Gasteiger partial charge in [-0.3, -0.25) is 4.79 Å². The highest BCUT2D eigenvalue weighted by atomic mass is 79.9. The maximum atomic E-state index is 11.5. The van der Waals surface area contributed by atoms with Crippen LogP contribution in [0, 0.1) is 6.92 Å². The van der Waals surface area contributed by atoms with Gasteiger partial charge in [-0.15, -0.1) is 0 Å². The van der Waals surface area contributed by atoms with E-state index in [0.29, 0.717) is 6.61 Å². The van der Waals surface area contributed by atoms with E-state index in [0.717, 1.165) is 37.8 Å². The second-order valence-corrected chi connectivity index (χ2v) is 6.13. The molecule has 0 saturated carbocycles. The molecule has 1 aromatic heterocycles. The van der Waals surface area contributed by atoms with Crippen LogP contribution in [0.15, 0.2) is 45.4 Å². The van der Waals surface area contributed by atoms with Crippen molar-refractivity contribution < 1.29 is 14.1 Å². The van der Waals surface area contributed by atoms with Gasteiger partial charge in [0.25, 0.3) is 0 Å². The van der Waals surface area contributed by atoms with E-state index in [4.69, 9.17) is 9.26 Å². The second kappa shape index (κ2) is 6.54. The number of benzene rings is 2. The predicted octanol–water partition coefficient (Wildman–Crippen LogP) is 4.67. The summed E-state index contributed by atoms with van der Waals surface area (Å²) in [4.78, 5) is 11.5. The third-order valence-electron chi connectivity index (χ3n) is 3.64. The number of ether oxygens (including phenoxy) is 1. The quantitative estimate of drug-likeness (QED) is 0.623. The SMILES string of the molecule is CCOC(=O)Cc1ccc(-c2cc(Br)c3c(C)noc3c2)cc1. The maximum absolute atomic E-state index is 11.5. The van der Waals surface area contributed by atoms with Crippen LogP contribution in [0.25, 0.3) is 22.1 Å². The van der Waals surface area contributed by atoms with Crippen molar-refractivity contribution in [2.45, 2.75) is 20.3 Å². The first-order valence-electron chi connectivity index (χ1n) is 7.39. The number of nitrogens with zero attached hydrogens (tertiary/aromatic N) is 1. The van der Waals surface area contributed by atoms with Crippen LogP contribution in [0.2, 0.25) is 0 Å². The van der Waals surface area contributed by atoms with Crippen molar-refractivity contribution in [1.29, 1.82) is 0 Å². The van der Waals surface area contributed by atoms with Crippen LogP contribution in [0.3, 0.4) is 0 Å². The van der Waals surface area contributed by atoms with Crippen LogP contribution < -0.4 is 0 Å². The highest BCUT2D eigenvalue weighted by Gasteiger charge is 2.11. The van der Waals surface area contributed by atoms with Crippen LogP contribution in [-0.2, 0) is 16.0 Å². The van der Waals surface area contributed by atoms with Gasteiger partial charge in [-0.05, 0) is 58.6 Å². The molecule has 0 spiro atoms. The van der Waals surface area contributed by atoms with Crippen LogP contribution >= 0.6 is 15.9 Å². The first kappa shape index (κ1) is 15.7. The first-order chi connectivity index (χ1) is 11.1. The molecule has 0 aliphatic rings. The van der Waals surface area contributed by atoms with E-state index in [-0.39, 0.29) is 12.4 Å². The van der Waals surface area contributed by atoms with Crippen LogP contribution in [0.4, 0.5) is 0 Å². The van der Waals surface area contributed by atoms with Gasteiger partial charge in [-0.2, -0.15) is 0 Å². The standard InChI is InChI=1S/C18H16BrNO3/c1-3-22-17(21)8-12-4-6-13(7-5-12)14-9-15(19)18-11(2)20-23-16(18)10-14/h4-7,9-10H,3,8H2,1-2H3. The Morgan fingerprint density at radius 2 is 1.96 bits per heavy atom. The van der Waals surface area contributed by atoms with Crippen molar-refractivity contribution in [3.63, 3.8) is 0 Å². The number of carbonyl (C=O) groups is 1. The number of halogens is 1. The Morgan fingerprint density at radius 3 is 2.65 bits per heavy atom. The van der Waals surface area contributed by atoms with Gasteiger partial charge in [0.1, 0.15) is 0 Å². The average molecular weight is 374 g/mol. The highest BCUT2D eigenvalue weighted by Crippen LogP contribution is 2.33. The van der Waals surface area contributed by atoms with Crippen molar-refractivity contribution in [3.8, 4) is 11.1 Å². The summed E-state index contributed by atoms with van der Waals surface area (Å²) in [6.07, 6.45) is 0.290. The minimum Gasteiger partial charge on any atom is -0.466 e. The molecule has 0 unspecified atom stereocenters. The summed E-state index contributed by atoms with van der Waals surface area (Å²) in [6.45, 7) is 4.13. The van der Waals surface area contributed by atoms with Gasteiger partial charge < -0.3 is 9.26 Å². The first-order valence-corrected chi connectivity index (χ1v) is 8.18. The lowest BCUT2D eigenvalue weighted by atomic mass is 10.0.